The molecule has 0 atom stereocenters. The smallest absolute Gasteiger partial charge is 0.360 e. The Morgan fingerprint density at radius 2 is 1.63 bits per heavy atom. The monoisotopic (exact) mass is 625 g/mol. The fraction of sp³-hybridized carbons (Fsp3) is 0.167. The number of halogens is 3. The van der Waals surface area contributed by atoms with Crippen LogP contribution < -0.4 is 0 Å². The Morgan fingerprint density at radius 1 is 1.00 bits per heavy atom. The number of aromatic hydroxyl groups is 1. The SMILES string of the molecule is CCOC(=O)c1ncc2c(cc(Br)n2Cc2cccc(F)c2)c1O.Cc1c(C(=O)O)ccn1Cc1cccc(F)c1. The van der Waals surface area contributed by atoms with Crippen molar-refractivity contribution < 1.29 is 33.3 Å². The van der Waals surface area contributed by atoms with Crippen LogP contribution in [0.3, 0.4) is 0 Å². The topological polar surface area (TPSA) is 107 Å². The van der Waals surface area contributed by atoms with Crippen molar-refractivity contribution in [3.05, 3.63) is 117 Å². The Hall–Kier alpha value is -4.51. The maximum atomic E-state index is 13.4. The molecule has 0 aliphatic heterocycles. The third-order valence-electron chi connectivity index (χ3n) is 6.30. The fourth-order valence-corrected chi connectivity index (χ4v) is 4.83. The number of esters is 1. The van der Waals surface area contributed by atoms with E-state index < -0.39 is 11.9 Å². The highest BCUT2D eigenvalue weighted by Gasteiger charge is 2.20. The van der Waals surface area contributed by atoms with Gasteiger partial charge < -0.3 is 24.1 Å². The van der Waals surface area contributed by atoms with Crippen molar-refractivity contribution in [3.63, 3.8) is 0 Å². The molecular weight excluding hydrogens is 600 g/mol. The summed E-state index contributed by atoms with van der Waals surface area (Å²) in [6.45, 7) is 4.48. The number of aromatic nitrogens is 3. The van der Waals surface area contributed by atoms with Crippen molar-refractivity contribution in [2.75, 3.05) is 6.61 Å². The number of carbonyl (C=O) groups excluding carboxylic acids is 1. The molecule has 0 saturated heterocycles. The van der Waals surface area contributed by atoms with Crippen LogP contribution in [0, 0.1) is 18.6 Å². The molecule has 2 N–H and O–H groups in total. The van der Waals surface area contributed by atoms with E-state index in [0.29, 0.717) is 34.3 Å². The van der Waals surface area contributed by atoms with E-state index in [9.17, 15) is 23.5 Å². The van der Waals surface area contributed by atoms with E-state index in [1.807, 2.05) is 16.7 Å². The number of hydrogen-bond donors (Lipinski definition) is 2. The van der Waals surface area contributed by atoms with Crippen molar-refractivity contribution in [2.45, 2.75) is 26.9 Å². The number of carboxylic acids is 1. The highest BCUT2D eigenvalue weighted by atomic mass is 79.9. The second kappa shape index (κ2) is 12.8. The molecule has 3 heterocycles. The van der Waals surface area contributed by atoms with Gasteiger partial charge in [-0.25, -0.2) is 23.4 Å². The highest BCUT2D eigenvalue weighted by molar-refractivity contribution is 9.10. The molecule has 2 aromatic carbocycles. The Morgan fingerprint density at radius 3 is 2.20 bits per heavy atom. The van der Waals surface area contributed by atoms with E-state index >= 15 is 0 Å². The Kier molecular flexibility index (Phi) is 9.18. The van der Waals surface area contributed by atoms with E-state index in [2.05, 4.69) is 20.9 Å². The van der Waals surface area contributed by atoms with Gasteiger partial charge in [-0.05, 0) is 77.3 Å². The number of benzene rings is 2. The van der Waals surface area contributed by atoms with Gasteiger partial charge in [0, 0.05) is 30.4 Å². The van der Waals surface area contributed by atoms with Crippen LogP contribution in [-0.4, -0.2) is 42.9 Å². The van der Waals surface area contributed by atoms with Crippen LogP contribution in [-0.2, 0) is 17.8 Å². The Balaban J connectivity index is 0.000000201. The van der Waals surface area contributed by atoms with Gasteiger partial charge in [0.25, 0.3) is 0 Å². The molecule has 5 aromatic rings. The van der Waals surface area contributed by atoms with E-state index in [4.69, 9.17) is 9.84 Å². The lowest BCUT2D eigenvalue weighted by molar-refractivity contribution is 0.0515. The zero-order chi connectivity index (χ0) is 29.7. The summed E-state index contributed by atoms with van der Waals surface area (Å²) in [5, 5.41) is 19.7. The lowest BCUT2D eigenvalue weighted by Crippen LogP contribution is -2.08. The van der Waals surface area contributed by atoms with Crippen LogP contribution in [0.25, 0.3) is 10.9 Å². The first-order chi connectivity index (χ1) is 19.6. The molecule has 0 spiro atoms. The first kappa shape index (κ1) is 29.5. The molecule has 5 rings (SSSR count). The van der Waals surface area contributed by atoms with Crippen molar-refractivity contribution >= 4 is 38.8 Å². The van der Waals surface area contributed by atoms with Crippen molar-refractivity contribution in [2.24, 2.45) is 0 Å². The molecule has 0 aliphatic carbocycles. The summed E-state index contributed by atoms with van der Waals surface area (Å²) < 4.78 is 35.5. The molecule has 41 heavy (non-hydrogen) atoms. The number of aromatic carboxylic acids is 1. The van der Waals surface area contributed by atoms with E-state index in [1.54, 1.807) is 48.9 Å². The zero-order valence-electron chi connectivity index (χ0n) is 22.1. The molecule has 0 unspecified atom stereocenters. The summed E-state index contributed by atoms with van der Waals surface area (Å²) in [7, 11) is 0. The van der Waals surface area contributed by atoms with E-state index in [1.165, 1.54) is 30.5 Å². The minimum Gasteiger partial charge on any atom is -0.505 e. The van der Waals surface area contributed by atoms with Crippen LogP contribution in [0.5, 0.6) is 5.75 Å². The van der Waals surface area contributed by atoms with E-state index in [-0.39, 0.29) is 35.2 Å². The van der Waals surface area contributed by atoms with Crippen LogP contribution in [0.2, 0.25) is 0 Å². The lowest BCUT2D eigenvalue weighted by Gasteiger charge is -2.09. The average Bonchev–Trinajstić information content (AvgIpc) is 3.44. The second-order valence-electron chi connectivity index (χ2n) is 9.04. The molecule has 212 valence electrons. The second-order valence-corrected chi connectivity index (χ2v) is 9.85. The summed E-state index contributed by atoms with van der Waals surface area (Å²) in [5.74, 6) is -2.45. The summed E-state index contributed by atoms with van der Waals surface area (Å²) >= 11 is 3.43. The molecule has 0 saturated carbocycles. The van der Waals surface area contributed by atoms with Gasteiger partial charge in [-0.2, -0.15) is 0 Å². The first-order valence-electron chi connectivity index (χ1n) is 12.5. The van der Waals surface area contributed by atoms with Gasteiger partial charge in [0.15, 0.2) is 11.4 Å². The van der Waals surface area contributed by atoms with Gasteiger partial charge in [0.05, 0.1) is 28.5 Å². The van der Waals surface area contributed by atoms with Crippen molar-refractivity contribution in [1.29, 1.82) is 0 Å². The minimum atomic E-state index is -0.944. The third-order valence-corrected chi connectivity index (χ3v) is 6.95. The molecule has 11 heteroatoms. The largest absolute Gasteiger partial charge is 0.505 e. The third kappa shape index (κ3) is 6.80. The van der Waals surface area contributed by atoms with Crippen LogP contribution in [0.1, 0.15) is 44.6 Å². The molecule has 0 bridgehead atoms. The Labute approximate surface area is 242 Å². The Bertz CT molecular complexity index is 1730. The van der Waals surface area contributed by atoms with Crippen LogP contribution >= 0.6 is 15.9 Å². The number of fused-ring (bicyclic) bond motifs is 1. The molecule has 0 fully saturated rings. The van der Waals surface area contributed by atoms with Crippen LogP contribution in [0.15, 0.2) is 77.7 Å². The van der Waals surface area contributed by atoms with Crippen LogP contribution in [0.4, 0.5) is 8.78 Å². The highest BCUT2D eigenvalue weighted by Crippen LogP contribution is 2.33. The molecule has 0 aliphatic rings. The number of hydrogen-bond acceptors (Lipinski definition) is 5. The fourth-order valence-electron chi connectivity index (χ4n) is 4.28. The zero-order valence-corrected chi connectivity index (χ0v) is 23.7. The quantitative estimate of drug-likeness (QED) is 0.199. The first-order valence-corrected chi connectivity index (χ1v) is 13.3. The van der Waals surface area contributed by atoms with Crippen molar-refractivity contribution in [3.8, 4) is 5.75 Å². The summed E-state index contributed by atoms with van der Waals surface area (Å²) in [6, 6.07) is 15.8. The van der Waals surface area contributed by atoms with Crippen molar-refractivity contribution in [1.82, 2.24) is 14.1 Å². The van der Waals surface area contributed by atoms with Gasteiger partial charge in [0.2, 0.25) is 0 Å². The van der Waals surface area contributed by atoms with Gasteiger partial charge in [-0.15, -0.1) is 0 Å². The number of pyridine rings is 1. The van der Waals surface area contributed by atoms with Gasteiger partial charge in [-0.1, -0.05) is 24.3 Å². The van der Waals surface area contributed by atoms with E-state index in [0.717, 1.165) is 11.1 Å². The molecule has 3 aromatic heterocycles. The lowest BCUT2D eigenvalue weighted by atomic mass is 10.2. The number of rotatable bonds is 7. The number of carbonyl (C=O) groups is 2. The molecular formula is C30H26BrF2N3O5. The van der Waals surface area contributed by atoms with Gasteiger partial charge in [0.1, 0.15) is 11.6 Å². The average molecular weight is 626 g/mol. The predicted molar refractivity (Wildman–Crippen MR) is 152 cm³/mol. The molecule has 8 nitrogen and oxygen atoms in total. The van der Waals surface area contributed by atoms with Gasteiger partial charge >= 0.3 is 11.9 Å². The summed E-state index contributed by atoms with van der Waals surface area (Å²) in [4.78, 5) is 26.7. The summed E-state index contributed by atoms with van der Waals surface area (Å²) in [6.07, 6.45) is 3.19. The standard InChI is InChI=1S/C17H14BrFN2O3.C13H12FNO2/c1-2-24-17(23)15-16(22)12-7-14(18)21(13(12)8-20-15)9-10-4-3-5-11(19)6-10;1-9-12(13(16)17)5-6-15(9)8-10-3-2-4-11(14)7-10/h3-8,22H,2,9H2,1H3;2-7H,8H2,1H3,(H,16,17). The maximum absolute atomic E-state index is 13.4. The number of nitrogens with zero attached hydrogens (tertiary/aromatic N) is 3. The van der Waals surface area contributed by atoms with Gasteiger partial charge in [-0.3, -0.25) is 0 Å². The summed E-state index contributed by atoms with van der Waals surface area (Å²) in [5.41, 5.74) is 3.02. The number of ether oxygens (including phenoxy) is 1. The maximum Gasteiger partial charge on any atom is 0.360 e. The number of carboxylic acid groups (broad SMARTS) is 1. The molecule has 0 radical (unpaired) electrons. The molecule has 0 amide bonds. The predicted octanol–water partition coefficient (Wildman–Crippen LogP) is 6.55. The minimum absolute atomic E-state index is 0.125. The normalized spacial score (nSPS) is 10.8.